The number of hydrogen-bond acceptors (Lipinski definition) is 3. The maximum Gasteiger partial charge on any atom is 0.0700 e. The van der Waals surface area contributed by atoms with Crippen molar-refractivity contribution in [1.29, 1.82) is 0 Å². The van der Waals surface area contributed by atoms with Crippen molar-refractivity contribution in [1.82, 2.24) is 5.32 Å². The predicted molar refractivity (Wildman–Crippen MR) is 57.4 cm³/mol. The minimum Gasteiger partial charge on any atom is -0.396 e. The van der Waals surface area contributed by atoms with Crippen molar-refractivity contribution >= 4 is 0 Å². The summed E-state index contributed by atoms with van der Waals surface area (Å²) in [5.41, 5.74) is 0.0701. The summed E-state index contributed by atoms with van der Waals surface area (Å²) in [6, 6.07) is 0. The molecule has 2 unspecified atom stereocenters. The molecule has 0 spiro atoms. The molecule has 1 aliphatic heterocycles. The fourth-order valence-corrected chi connectivity index (χ4v) is 1.80. The Morgan fingerprint density at radius 1 is 1.57 bits per heavy atom. The molecule has 0 amide bonds. The van der Waals surface area contributed by atoms with Crippen LogP contribution in [0.5, 0.6) is 0 Å². The fraction of sp³-hybridized carbons (Fsp3) is 1.00. The van der Waals surface area contributed by atoms with E-state index in [4.69, 9.17) is 9.84 Å². The average molecular weight is 201 g/mol. The first kappa shape index (κ1) is 12.0. The minimum absolute atomic E-state index is 0.0701. The molecule has 1 saturated heterocycles. The monoisotopic (exact) mass is 201 g/mol. The summed E-state index contributed by atoms with van der Waals surface area (Å²) in [6.07, 6.45) is 4.61. The number of ether oxygens (including phenoxy) is 1. The minimum atomic E-state index is 0.0701. The van der Waals surface area contributed by atoms with Crippen LogP contribution in [0.3, 0.4) is 0 Å². The van der Waals surface area contributed by atoms with Crippen LogP contribution in [-0.4, -0.2) is 36.5 Å². The quantitative estimate of drug-likeness (QED) is 0.681. The summed E-state index contributed by atoms with van der Waals surface area (Å²) in [4.78, 5) is 0. The molecule has 2 N–H and O–H groups in total. The van der Waals surface area contributed by atoms with Crippen LogP contribution in [0.2, 0.25) is 0 Å². The second kappa shape index (κ2) is 5.69. The van der Waals surface area contributed by atoms with Gasteiger partial charge in [-0.15, -0.1) is 0 Å². The number of rotatable bonds is 6. The van der Waals surface area contributed by atoms with Gasteiger partial charge in [-0.3, -0.25) is 0 Å². The summed E-state index contributed by atoms with van der Waals surface area (Å²) < 4.78 is 5.55. The Balaban J connectivity index is 2.25. The third kappa shape index (κ3) is 3.56. The van der Waals surface area contributed by atoms with Gasteiger partial charge in [0, 0.05) is 25.3 Å². The Morgan fingerprint density at radius 3 is 2.86 bits per heavy atom. The molecule has 0 bridgehead atoms. The van der Waals surface area contributed by atoms with E-state index in [1.54, 1.807) is 0 Å². The Bertz CT molecular complexity index is 157. The van der Waals surface area contributed by atoms with E-state index in [0.717, 1.165) is 26.0 Å². The lowest BCUT2D eigenvalue weighted by Gasteiger charge is -2.30. The average Bonchev–Trinajstić information content (AvgIpc) is 2.68. The van der Waals surface area contributed by atoms with Crippen molar-refractivity contribution in [2.45, 2.75) is 51.2 Å². The number of hydrogen-bond donors (Lipinski definition) is 2. The van der Waals surface area contributed by atoms with Crippen molar-refractivity contribution < 1.29 is 9.84 Å². The second-order valence-corrected chi connectivity index (χ2v) is 4.40. The first-order valence-electron chi connectivity index (χ1n) is 5.67. The van der Waals surface area contributed by atoms with E-state index in [1.165, 1.54) is 12.8 Å². The molecule has 1 aliphatic rings. The Kier molecular flexibility index (Phi) is 4.85. The molecule has 0 aromatic carbocycles. The molecule has 0 saturated carbocycles. The van der Waals surface area contributed by atoms with Crippen molar-refractivity contribution in [3.8, 4) is 0 Å². The first-order chi connectivity index (χ1) is 6.70. The normalized spacial score (nSPS) is 26.4. The van der Waals surface area contributed by atoms with Gasteiger partial charge < -0.3 is 15.2 Å². The first-order valence-corrected chi connectivity index (χ1v) is 5.67. The van der Waals surface area contributed by atoms with E-state index in [9.17, 15) is 0 Å². The molecule has 2 atom stereocenters. The van der Waals surface area contributed by atoms with Crippen LogP contribution in [0.25, 0.3) is 0 Å². The highest BCUT2D eigenvalue weighted by molar-refractivity contribution is 4.83. The van der Waals surface area contributed by atoms with Gasteiger partial charge in [-0.1, -0.05) is 6.92 Å². The maximum absolute atomic E-state index is 8.95. The lowest BCUT2D eigenvalue weighted by molar-refractivity contribution is 0.0974. The zero-order valence-corrected chi connectivity index (χ0v) is 9.38. The predicted octanol–water partition coefficient (Wildman–Crippen LogP) is 1.31. The van der Waals surface area contributed by atoms with Crippen molar-refractivity contribution in [2.24, 2.45) is 0 Å². The Labute approximate surface area is 86.8 Å². The van der Waals surface area contributed by atoms with Crippen molar-refractivity contribution in [2.75, 3.05) is 19.8 Å². The van der Waals surface area contributed by atoms with E-state index in [-0.39, 0.29) is 12.1 Å². The zero-order chi connectivity index (χ0) is 10.4. The highest BCUT2D eigenvalue weighted by Gasteiger charge is 2.23. The topological polar surface area (TPSA) is 41.5 Å². The van der Waals surface area contributed by atoms with Gasteiger partial charge >= 0.3 is 0 Å². The van der Waals surface area contributed by atoms with Crippen molar-refractivity contribution in [3.63, 3.8) is 0 Å². The number of aliphatic hydroxyl groups is 1. The van der Waals surface area contributed by atoms with E-state index in [0.29, 0.717) is 6.10 Å². The van der Waals surface area contributed by atoms with Gasteiger partial charge in [0.2, 0.25) is 0 Å². The summed E-state index contributed by atoms with van der Waals surface area (Å²) in [6.45, 7) is 6.40. The third-order valence-corrected chi connectivity index (χ3v) is 3.22. The van der Waals surface area contributed by atoms with Crippen LogP contribution in [-0.2, 0) is 4.74 Å². The molecule has 1 heterocycles. The Hall–Kier alpha value is -0.120. The Morgan fingerprint density at radius 2 is 2.36 bits per heavy atom. The maximum atomic E-state index is 8.95. The SMILES string of the molecule is CCC(C)(CCO)NCC1CCCO1. The fourth-order valence-electron chi connectivity index (χ4n) is 1.80. The number of nitrogens with one attached hydrogen (secondary N) is 1. The molecule has 3 nitrogen and oxygen atoms in total. The van der Waals surface area contributed by atoms with Crippen LogP contribution in [0.1, 0.15) is 39.5 Å². The number of aliphatic hydroxyl groups excluding tert-OH is 1. The molecular weight excluding hydrogens is 178 g/mol. The molecule has 0 aromatic rings. The zero-order valence-electron chi connectivity index (χ0n) is 9.38. The van der Waals surface area contributed by atoms with Crippen LogP contribution in [0.15, 0.2) is 0 Å². The van der Waals surface area contributed by atoms with Gasteiger partial charge in [-0.2, -0.15) is 0 Å². The van der Waals surface area contributed by atoms with Gasteiger partial charge in [0.1, 0.15) is 0 Å². The highest BCUT2D eigenvalue weighted by atomic mass is 16.5. The standard InChI is InChI=1S/C11H23NO2/c1-3-11(2,6-7-13)12-9-10-5-4-8-14-10/h10,12-13H,3-9H2,1-2H3. The molecular formula is C11H23NO2. The van der Waals surface area contributed by atoms with Gasteiger partial charge in [0.05, 0.1) is 6.10 Å². The van der Waals surface area contributed by atoms with Gasteiger partial charge in [0.15, 0.2) is 0 Å². The summed E-state index contributed by atoms with van der Waals surface area (Å²) in [5, 5.41) is 12.5. The van der Waals surface area contributed by atoms with E-state index in [1.807, 2.05) is 0 Å². The second-order valence-electron chi connectivity index (χ2n) is 4.40. The molecule has 84 valence electrons. The van der Waals surface area contributed by atoms with Crippen LogP contribution < -0.4 is 5.32 Å². The molecule has 3 heteroatoms. The van der Waals surface area contributed by atoms with Crippen LogP contribution >= 0.6 is 0 Å². The third-order valence-electron chi connectivity index (χ3n) is 3.22. The summed E-state index contributed by atoms with van der Waals surface area (Å²) in [7, 11) is 0. The van der Waals surface area contributed by atoms with Gasteiger partial charge in [0.25, 0.3) is 0 Å². The molecule has 1 fully saturated rings. The van der Waals surface area contributed by atoms with E-state index >= 15 is 0 Å². The molecule has 0 radical (unpaired) electrons. The van der Waals surface area contributed by atoms with E-state index in [2.05, 4.69) is 19.2 Å². The summed E-state index contributed by atoms with van der Waals surface area (Å²) in [5.74, 6) is 0. The van der Waals surface area contributed by atoms with Gasteiger partial charge in [-0.05, 0) is 32.6 Å². The lowest BCUT2D eigenvalue weighted by Crippen LogP contribution is -2.45. The van der Waals surface area contributed by atoms with Gasteiger partial charge in [-0.25, -0.2) is 0 Å². The van der Waals surface area contributed by atoms with E-state index < -0.39 is 0 Å². The molecule has 14 heavy (non-hydrogen) atoms. The lowest BCUT2D eigenvalue weighted by atomic mass is 9.94. The summed E-state index contributed by atoms with van der Waals surface area (Å²) >= 11 is 0. The smallest absolute Gasteiger partial charge is 0.0700 e. The highest BCUT2D eigenvalue weighted by Crippen LogP contribution is 2.16. The van der Waals surface area contributed by atoms with Crippen molar-refractivity contribution in [3.05, 3.63) is 0 Å². The molecule has 0 aliphatic carbocycles. The van der Waals surface area contributed by atoms with Crippen LogP contribution in [0, 0.1) is 0 Å². The largest absolute Gasteiger partial charge is 0.396 e. The molecule has 1 rings (SSSR count). The van der Waals surface area contributed by atoms with Crippen LogP contribution in [0.4, 0.5) is 0 Å². The molecule has 0 aromatic heterocycles.